The van der Waals surface area contributed by atoms with Crippen molar-refractivity contribution in [3.8, 4) is 0 Å². The molecule has 0 amide bonds. The van der Waals surface area contributed by atoms with E-state index in [0.717, 1.165) is 6.54 Å². The quantitative estimate of drug-likeness (QED) is 0.843. The lowest BCUT2D eigenvalue weighted by atomic mass is 10.1. The Labute approximate surface area is 106 Å². The summed E-state index contributed by atoms with van der Waals surface area (Å²) in [6, 6.07) is 8.28. The molecule has 5 nitrogen and oxygen atoms in total. The van der Waals surface area contributed by atoms with Crippen molar-refractivity contribution in [2.45, 2.75) is 26.6 Å². The fraction of sp³-hybridized carbons (Fsp3) is 0.385. The van der Waals surface area contributed by atoms with E-state index in [9.17, 15) is 0 Å². The van der Waals surface area contributed by atoms with E-state index in [0.29, 0.717) is 24.9 Å². The molecule has 0 aliphatic heterocycles. The minimum atomic E-state index is 0.579. The molecule has 0 unspecified atom stereocenters. The average molecular weight is 247 g/mol. The van der Waals surface area contributed by atoms with Crippen molar-refractivity contribution in [2.75, 3.05) is 7.11 Å². The van der Waals surface area contributed by atoms with Gasteiger partial charge in [-0.2, -0.15) is 0 Å². The lowest BCUT2D eigenvalue weighted by Crippen LogP contribution is -2.13. The van der Waals surface area contributed by atoms with Gasteiger partial charge in [0, 0.05) is 20.6 Å². The van der Waals surface area contributed by atoms with Crippen LogP contribution in [0.3, 0.4) is 0 Å². The highest BCUT2D eigenvalue weighted by atomic mass is 16.5. The number of hydrogen-bond acceptors (Lipinski definition) is 5. The summed E-state index contributed by atoms with van der Waals surface area (Å²) in [5.74, 6) is 1.20. The van der Waals surface area contributed by atoms with Crippen LogP contribution >= 0.6 is 0 Å². The Hall–Kier alpha value is -1.72. The molecular formula is C13H17N3O2. The second-order valence-electron chi connectivity index (χ2n) is 4.07. The average Bonchev–Trinajstić information content (AvgIpc) is 2.76. The molecule has 96 valence electrons. The Morgan fingerprint density at radius 1 is 1.22 bits per heavy atom. The molecule has 0 saturated carbocycles. The smallest absolute Gasteiger partial charge is 0.230 e. The summed E-state index contributed by atoms with van der Waals surface area (Å²) in [5, 5.41) is 11.0. The Kier molecular flexibility index (Phi) is 4.44. The standard InChI is InChI=1S/C13H17N3O2/c1-10-15-16-13(18-10)8-14-7-11-4-3-5-12(6-11)9-17-2/h3-6,14H,7-9H2,1-2H3. The third-order valence-corrected chi connectivity index (χ3v) is 2.48. The fourth-order valence-corrected chi connectivity index (χ4v) is 1.72. The topological polar surface area (TPSA) is 60.2 Å². The Morgan fingerprint density at radius 2 is 2.06 bits per heavy atom. The van der Waals surface area contributed by atoms with E-state index in [1.54, 1.807) is 14.0 Å². The van der Waals surface area contributed by atoms with E-state index in [-0.39, 0.29) is 0 Å². The van der Waals surface area contributed by atoms with Crippen LogP contribution in [0.1, 0.15) is 22.9 Å². The second kappa shape index (κ2) is 6.28. The molecule has 1 N–H and O–H groups in total. The van der Waals surface area contributed by atoms with E-state index in [1.165, 1.54) is 11.1 Å². The molecule has 0 aliphatic carbocycles. The van der Waals surface area contributed by atoms with E-state index < -0.39 is 0 Å². The van der Waals surface area contributed by atoms with Crippen LogP contribution in [0.4, 0.5) is 0 Å². The number of methoxy groups -OCH3 is 1. The third-order valence-electron chi connectivity index (χ3n) is 2.48. The normalized spacial score (nSPS) is 10.8. The monoisotopic (exact) mass is 247 g/mol. The summed E-state index contributed by atoms with van der Waals surface area (Å²) in [7, 11) is 1.70. The van der Waals surface area contributed by atoms with Gasteiger partial charge in [-0.25, -0.2) is 0 Å². The van der Waals surface area contributed by atoms with Crippen LogP contribution in [0.25, 0.3) is 0 Å². The largest absolute Gasteiger partial charge is 0.424 e. The predicted octanol–water partition coefficient (Wildman–Crippen LogP) is 1.81. The van der Waals surface area contributed by atoms with Gasteiger partial charge in [0.2, 0.25) is 11.8 Å². The summed E-state index contributed by atoms with van der Waals surface area (Å²) in [4.78, 5) is 0. The summed E-state index contributed by atoms with van der Waals surface area (Å²) in [5.41, 5.74) is 2.38. The van der Waals surface area contributed by atoms with Crippen LogP contribution < -0.4 is 5.32 Å². The van der Waals surface area contributed by atoms with Gasteiger partial charge in [-0.3, -0.25) is 0 Å². The molecule has 0 fully saturated rings. The highest BCUT2D eigenvalue weighted by Crippen LogP contribution is 2.06. The molecule has 0 radical (unpaired) electrons. The van der Waals surface area contributed by atoms with Crippen LogP contribution in [0, 0.1) is 6.92 Å². The Morgan fingerprint density at radius 3 is 2.78 bits per heavy atom. The maximum Gasteiger partial charge on any atom is 0.230 e. The SMILES string of the molecule is COCc1cccc(CNCc2nnc(C)o2)c1. The summed E-state index contributed by atoms with van der Waals surface area (Å²) < 4.78 is 10.4. The first-order valence-corrected chi connectivity index (χ1v) is 5.84. The third kappa shape index (κ3) is 3.65. The van der Waals surface area contributed by atoms with Crippen LogP contribution in [-0.4, -0.2) is 17.3 Å². The van der Waals surface area contributed by atoms with Gasteiger partial charge in [0.1, 0.15) is 0 Å². The molecule has 5 heteroatoms. The van der Waals surface area contributed by atoms with Crippen LogP contribution in [0.5, 0.6) is 0 Å². The van der Waals surface area contributed by atoms with Gasteiger partial charge in [-0.1, -0.05) is 24.3 Å². The zero-order valence-corrected chi connectivity index (χ0v) is 10.6. The molecule has 2 aromatic rings. The van der Waals surface area contributed by atoms with E-state index >= 15 is 0 Å². The minimum Gasteiger partial charge on any atom is -0.424 e. The van der Waals surface area contributed by atoms with Crippen molar-refractivity contribution in [3.05, 3.63) is 47.2 Å². The maximum atomic E-state index is 5.28. The van der Waals surface area contributed by atoms with Crippen molar-refractivity contribution in [1.29, 1.82) is 0 Å². The molecule has 0 atom stereocenters. The fourth-order valence-electron chi connectivity index (χ4n) is 1.72. The number of rotatable bonds is 6. The van der Waals surface area contributed by atoms with Crippen molar-refractivity contribution in [3.63, 3.8) is 0 Å². The first-order chi connectivity index (χ1) is 8.78. The molecule has 1 aromatic carbocycles. The van der Waals surface area contributed by atoms with Gasteiger partial charge in [-0.05, 0) is 11.1 Å². The van der Waals surface area contributed by atoms with Gasteiger partial charge >= 0.3 is 0 Å². The van der Waals surface area contributed by atoms with Gasteiger partial charge in [0.05, 0.1) is 13.2 Å². The van der Waals surface area contributed by atoms with Crippen molar-refractivity contribution in [2.24, 2.45) is 0 Å². The second-order valence-corrected chi connectivity index (χ2v) is 4.07. The Balaban J connectivity index is 1.84. The number of aromatic nitrogens is 2. The number of benzene rings is 1. The number of hydrogen-bond donors (Lipinski definition) is 1. The molecule has 1 aromatic heterocycles. The molecule has 2 rings (SSSR count). The van der Waals surface area contributed by atoms with Gasteiger partial charge in [-0.15, -0.1) is 10.2 Å². The van der Waals surface area contributed by atoms with Crippen molar-refractivity contribution >= 4 is 0 Å². The molecule has 18 heavy (non-hydrogen) atoms. The summed E-state index contributed by atoms with van der Waals surface area (Å²) in [6.45, 7) is 3.76. The van der Waals surface area contributed by atoms with Crippen molar-refractivity contribution in [1.82, 2.24) is 15.5 Å². The van der Waals surface area contributed by atoms with Gasteiger partial charge < -0.3 is 14.5 Å². The number of aryl methyl sites for hydroxylation is 1. The van der Waals surface area contributed by atoms with E-state index in [2.05, 4.69) is 27.6 Å². The molecule has 0 saturated heterocycles. The first-order valence-electron chi connectivity index (χ1n) is 5.84. The molecular weight excluding hydrogens is 230 g/mol. The molecule has 0 spiro atoms. The molecule has 0 aliphatic rings. The highest BCUT2D eigenvalue weighted by molar-refractivity contribution is 5.22. The summed E-state index contributed by atoms with van der Waals surface area (Å²) >= 11 is 0. The number of ether oxygens (including phenoxy) is 1. The lowest BCUT2D eigenvalue weighted by Gasteiger charge is -2.05. The van der Waals surface area contributed by atoms with Crippen LogP contribution in [-0.2, 0) is 24.4 Å². The molecule has 0 bridgehead atoms. The van der Waals surface area contributed by atoms with Crippen LogP contribution in [0.15, 0.2) is 28.7 Å². The molecule has 1 heterocycles. The van der Waals surface area contributed by atoms with Gasteiger partial charge in [0.25, 0.3) is 0 Å². The predicted molar refractivity (Wildman–Crippen MR) is 66.7 cm³/mol. The zero-order valence-electron chi connectivity index (χ0n) is 10.6. The number of nitrogens with zero attached hydrogens (tertiary/aromatic N) is 2. The summed E-state index contributed by atoms with van der Waals surface area (Å²) in [6.07, 6.45) is 0. The lowest BCUT2D eigenvalue weighted by molar-refractivity contribution is 0.185. The first kappa shape index (κ1) is 12.7. The van der Waals surface area contributed by atoms with Crippen molar-refractivity contribution < 1.29 is 9.15 Å². The Bertz CT molecular complexity index is 496. The number of nitrogens with one attached hydrogen (secondary N) is 1. The zero-order chi connectivity index (χ0) is 12.8. The van der Waals surface area contributed by atoms with Gasteiger partial charge in [0.15, 0.2) is 0 Å². The van der Waals surface area contributed by atoms with E-state index in [1.807, 2.05) is 12.1 Å². The highest BCUT2D eigenvalue weighted by Gasteiger charge is 2.01. The van der Waals surface area contributed by atoms with Crippen LogP contribution in [0.2, 0.25) is 0 Å². The minimum absolute atomic E-state index is 0.579. The van der Waals surface area contributed by atoms with E-state index in [4.69, 9.17) is 9.15 Å². The maximum absolute atomic E-state index is 5.28.